The van der Waals surface area contributed by atoms with Crippen LogP contribution in [-0.4, -0.2) is 18.4 Å². The number of methoxy groups -OCH3 is 1. The van der Waals surface area contributed by atoms with Crippen molar-refractivity contribution in [2.24, 2.45) is 0 Å². The molecule has 1 N–H and O–H groups in total. The summed E-state index contributed by atoms with van der Waals surface area (Å²) in [6.45, 7) is 3.93. The highest BCUT2D eigenvalue weighted by atomic mass is 19.1. The number of anilines is 1. The highest BCUT2D eigenvalue weighted by molar-refractivity contribution is 5.86. The summed E-state index contributed by atoms with van der Waals surface area (Å²) in [4.78, 5) is 11.8. The van der Waals surface area contributed by atoms with Crippen LogP contribution in [-0.2, 0) is 17.8 Å². The number of benzene rings is 2. The molecule has 1 fully saturated rings. The molecule has 0 heterocycles. The molecule has 0 spiro atoms. The minimum Gasteiger partial charge on any atom is -0.486 e. The number of carbonyl (C=O) groups excluding carboxylic acids is 1. The Hall–Kier alpha value is -2.60. The third-order valence-corrected chi connectivity index (χ3v) is 4.92. The Balaban J connectivity index is 1.92. The summed E-state index contributed by atoms with van der Waals surface area (Å²) in [6.07, 6.45) is 1.94. The van der Waals surface area contributed by atoms with E-state index in [1.807, 2.05) is 19.9 Å². The highest BCUT2D eigenvalue weighted by Gasteiger charge is 2.29. The van der Waals surface area contributed by atoms with E-state index in [0.717, 1.165) is 36.0 Å². The molecular weight excluding hydrogens is 349 g/mol. The van der Waals surface area contributed by atoms with Gasteiger partial charge in [0.05, 0.1) is 12.8 Å². The fourth-order valence-electron chi connectivity index (χ4n) is 3.25. The molecule has 5 nitrogen and oxygen atoms in total. The number of carbonyl (C=O) groups is 1. The number of halogens is 1. The predicted molar refractivity (Wildman–Crippen MR) is 99.9 cm³/mol. The Morgan fingerprint density at radius 1 is 1.33 bits per heavy atom. The molecule has 3 rings (SSSR count). The number of nitrogens with zero attached hydrogens (tertiary/aromatic N) is 1. The summed E-state index contributed by atoms with van der Waals surface area (Å²) in [5, 5.41) is 10.7. The standard InChI is InChI=1S/C21H24FNO4/c1-4-14-11-18(22)20(10-13(14)2)27-12-17-16(15-8-9-15)6-5-7-19(17)23(25)21(24)26-3/h5-7,10-11,15,25H,4,8-9,12H2,1-3H3. The third kappa shape index (κ3) is 4.06. The lowest BCUT2D eigenvalue weighted by atomic mass is 10.0. The van der Waals surface area contributed by atoms with Crippen molar-refractivity contribution in [2.75, 3.05) is 12.2 Å². The molecule has 0 aromatic heterocycles. The van der Waals surface area contributed by atoms with Gasteiger partial charge in [-0.15, -0.1) is 0 Å². The lowest BCUT2D eigenvalue weighted by Crippen LogP contribution is -2.28. The van der Waals surface area contributed by atoms with Gasteiger partial charge in [-0.05, 0) is 67.0 Å². The summed E-state index contributed by atoms with van der Waals surface area (Å²) in [5.74, 6) is 0.101. The first-order chi connectivity index (χ1) is 13.0. The second-order valence-corrected chi connectivity index (χ2v) is 6.75. The van der Waals surface area contributed by atoms with Crippen molar-refractivity contribution in [3.05, 3.63) is 58.4 Å². The molecule has 0 aliphatic heterocycles. The average molecular weight is 373 g/mol. The van der Waals surface area contributed by atoms with Gasteiger partial charge in [-0.25, -0.2) is 9.18 Å². The number of rotatable bonds is 6. The van der Waals surface area contributed by atoms with Crippen LogP contribution < -0.4 is 9.80 Å². The molecular formula is C21H24FNO4. The van der Waals surface area contributed by atoms with Crippen LogP contribution in [0, 0.1) is 12.7 Å². The van der Waals surface area contributed by atoms with E-state index in [9.17, 15) is 14.4 Å². The zero-order valence-electron chi connectivity index (χ0n) is 15.8. The molecule has 0 atom stereocenters. The van der Waals surface area contributed by atoms with E-state index in [1.165, 1.54) is 13.2 Å². The molecule has 6 heteroatoms. The van der Waals surface area contributed by atoms with E-state index in [-0.39, 0.29) is 18.0 Å². The monoisotopic (exact) mass is 373 g/mol. The summed E-state index contributed by atoms with van der Waals surface area (Å²) in [5.41, 5.74) is 3.84. The maximum atomic E-state index is 14.4. The van der Waals surface area contributed by atoms with E-state index in [4.69, 9.17) is 4.74 Å². The van der Waals surface area contributed by atoms with Crippen LogP contribution in [0.2, 0.25) is 0 Å². The quantitative estimate of drug-likeness (QED) is 0.564. The lowest BCUT2D eigenvalue weighted by molar-refractivity contribution is 0.140. The van der Waals surface area contributed by atoms with Crippen LogP contribution in [0.15, 0.2) is 30.3 Å². The fraction of sp³-hybridized carbons (Fsp3) is 0.381. The molecule has 1 aliphatic rings. The normalized spacial score (nSPS) is 13.4. The van der Waals surface area contributed by atoms with Gasteiger partial charge in [-0.1, -0.05) is 19.1 Å². The van der Waals surface area contributed by atoms with E-state index >= 15 is 0 Å². The Morgan fingerprint density at radius 2 is 2.07 bits per heavy atom. The van der Waals surface area contributed by atoms with Crippen molar-refractivity contribution in [3.63, 3.8) is 0 Å². The Morgan fingerprint density at radius 3 is 2.70 bits per heavy atom. The predicted octanol–water partition coefficient (Wildman–Crippen LogP) is 5.11. The molecule has 144 valence electrons. The van der Waals surface area contributed by atoms with Gasteiger partial charge in [0, 0.05) is 5.56 Å². The van der Waals surface area contributed by atoms with Crippen molar-refractivity contribution >= 4 is 11.8 Å². The molecule has 0 bridgehead atoms. The summed E-state index contributed by atoms with van der Waals surface area (Å²) < 4.78 is 24.7. The van der Waals surface area contributed by atoms with Crippen molar-refractivity contribution in [2.45, 2.75) is 45.6 Å². The van der Waals surface area contributed by atoms with Crippen LogP contribution >= 0.6 is 0 Å². The minimum atomic E-state index is -0.890. The third-order valence-electron chi connectivity index (χ3n) is 4.92. The number of ether oxygens (including phenoxy) is 2. The SMILES string of the molecule is CCc1cc(F)c(OCc2c(C3CC3)cccc2N(O)C(=O)OC)cc1C. The molecule has 2 aromatic rings. The van der Waals surface area contributed by atoms with Gasteiger partial charge in [0.2, 0.25) is 0 Å². The number of hydrogen-bond acceptors (Lipinski definition) is 4. The van der Waals surface area contributed by atoms with Crippen LogP contribution in [0.4, 0.5) is 14.9 Å². The second kappa shape index (κ2) is 7.96. The zero-order chi connectivity index (χ0) is 19.6. The Labute approximate surface area is 158 Å². The number of aryl methyl sites for hydroxylation is 2. The van der Waals surface area contributed by atoms with Gasteiger partial charge >= 0.3 is 6.09 Å². The fourth-order valence-corrected chi connectivity index (χ4v) is 3.25. The van der Waals surface area contributed by atoms with Crippen LogP contribution in [0.5, 0.6) is 5.75 Å². The first-order valence-electron chi connectivity index (χ1n) is 9.06. The second-order valence-electron chi connectivity index (χ2n) is 6.75. The van der Waals surface area contributed by atoms with Crippen LogP contribution in [0.1, 0.15) is 47.9 Å². The summed E-state index contributed by atoms with van der Waals surface area (Å²) in [7, 11) is 1.19. The molecule has 0 unspecified atom stereocenters. The molecule has 0 saturated heterocycles. The first kappa shape index (κ1) is 19.2. The van der Waals surface area contributed by atoms with Crippen LogP contribution in [0.3, 0.4) is 0 Å². The molecule has 1 aliphatic carbocycles. The molecule has 0 radical (unpaired) electrons. The van der Waals surface area contributed by atoms with Gasteiger partial charge < -0.3 is 9.47 Å². The van der Waals surface area contributed by atoms with Gasteiger partial charge in [0.15, 0.2) is 11.6 Å². The van der Waals surface area contributed by atoms with Crippen molar-refractivity contribution in [1.29, 1.82) is 0 Å². The molecule has 27 heavy (non-hydrogen) atoms. The zero-order valence-corrected chi connectivity index (χ0v) is 15.8. The van der Waals surface area contributed by atoms with E-state index in [1.54, 1.807) is 18.2 Å². The van der Waals surface area contributed by atoms with Crippen molar-refractivity contribution in [3.8, 4) is 5.75 Å². The maximum absolute atomic E-state index is 14.4. The largest absolute Gasteiger partial charge is 0.486 e. The number of hydroxylamine groups is 1. The smallest absolute Gasteiger partial charge is 0.438 e. The van der Waals surface area contributed by atoms with Crippen LogP contribution in [0.25, 0.3) is 0 Å². The maximum Gasteiger partial charge on any atom is 0.438 e. The van der Waals surface area contributed by atoms with Gasteiger partial charge in [-0.3, -0.25) is 5.21 Å². The number of amides is 1. The van der Waals surface area contributed by atoms with Gasteiger partial charge in [-0.2, -0.15) is 5.06 Å². The highest BCUT2D eigenvalue weighted by Crippen LogP contribution is 2.44. The number of hydrogen-bond donors (Lipinski definition) is 1. The average Bonchev–Trinajstić information content (AvgIpc) is 3.52. The van der Waals surface area contributed by atoms with Gasteiger partial charge in [0.25, 0.3) is 0 Å². The molecule has 1 amide bonds. The van der Waals surface area contributed by atoms with E-state index in [2.05, 4.69) is 4.74 Å². The van der Waals surface area contributed by atoms with Crippen molar-refractivity contribution < 1.29 is 23.9 Å². The van der Waals surface area contributed by atoms with Gasteiger partial charge in [0.1, 0.15) is 6.61 Å². The van der Waals surface area contributed by atoms with E-state index < -0.39 is 11.9 Å². The summed E-state index contributed by atoms with van der Waals surface area (Å²) in [6, 6.07) is 8.52. The summed E-state index contributed by atoms with van der Waals surface area (Å²) >= 11 is 0. The molecule has 2 aromatic carbocycles. The Kier molecular flexibility index (Phi) is 5.65. The lowest BCUT2D eigenvalue weighted by Gasteiger charge is -2.20. The molecule has 1 saturated carbocycles. The van der Waals surface area contributed by atoms with E-state index in [0.29, 0.717) is 16.5 Å². The van der Waals surface area contributed by atoms with Crippen molar-refractivity contribution in [1.82, 2.24) is 0 Å². The first-order valence-corrected chi connectivity index (χ1v) is 9.06. The Bertz CT molecular complexity index is 848. The minimum absolute atomic E-state index is 0.0396. The topological polar surface area (TPSA) is 59.0 Å².